The molecule has 0 saturated heterocycles. The molecule has 0 radical (unpaired) electrons. The van der Waals surface area contributed by atoms with Gasteiger partial charge in [0.15, 0.2) is 0 Å². The van der Waals surface area contributed by atoms with Gasteiger partial charge in [-0.2, -0.15) is 0 Å². The molecule has 0 aliphatic carbocycles. The third kappa shape index (κ3) is 6.33. The van der Waals surface area contributed by atoms with Crippen LogP contribution in [-0.2, 0) is 22.4 Å². The Bertz CT molecular complexity index is 760. The van der Waals surface area contributed by atoms with E-state index >= 15 is 0 Å². The van der Waals surface area contributed by atoms with Crippen molar-refractivity contribution >= 4 is 11.9 Å². The molecule has 1 atom stereocenters. The minimum absolute atomic E-state index is 0.0955. The lowest BCUT2D eigenvalue weighted by Gasteiger charge is -2.14. The van der Waals surface area contributed by atoms with E-state index in [1.54, 1.807) is 26.4 Å². The molecular formula is C21H25NO5. The Labute approximate surface area is 159 Å². The highest BCUT2D eigenvalue weighted by atomic mass is 16.5. The highest BCUT2D eigenvalue weighted by Gasteiger charge is 2.19. The number of hydrogen-bond acceptors (Lipinski definition) is 4. The topological polar surface area (TPSA) is 84.9 Å². The molecule has 0 aromatic heterocycles. The van der Waals surface area contributed by atoms with Gasteiger partial charge in [-0.15, -0.1) is 0 Å². The summed E-state index contributed by atoms with van der Waals surface area (Å²) in [5.74, 6) is -0.397. The summed E-state index contributed by atoms with van der Waals surface area (Å²) in [6, 6.07) is 14.8. The molecule has 0 spiro atoms. The summed E-state index contributed by atoms with van der Waals surface area (Å²) in [7, 11) is 3.16. The Balaban J connectivity index is 1.88. The predicted octanol–water partition coefficient (Wildman–Crippen LogP) is 2.70. The average molecular weight is 371 g/mol. The fourth-order valence-electron chi connectivity index (χ4n) is 2.80. The van der Waals surface area contributed by atoms with Gasteiger partial charge in [-0.25, -0.2) is 0 Å². The van der Waals surface area contributed by atoms with Gasteiger partial charge >= 0.3 is 5.97 Å². The lowest BCUT2D eigenvalue weighted by atomic mass is 9.99. The van der Waals surface area contributed by atoms with E-state index in [0.29, 0.717) is 24.3 Å². The van der Waals surface area contributed by atoms with Crippen molar-refractivity contribution < 1.29 is 24.2 Å². The highest BCUT2D eigenvalue weighted by molar-refractivity contribution is 5.77. The monoisotopic (exact) mass is 371 g/mol. The number of benzene rings is 2. The number of rotatable bonds is 10. The van der Waals surface area contributed by atoms with E-state index in [1.807, 2.05) is 36.4 Å². The minimum atomic E-state index is -0.923. The molecular weight excluding hydrogens is 346 g/mol. The number of aryl methyl sites for hydroxylation is 1. The molecule has 0 heterocycles. The van der Waals surface area contributed by atoms with Gasteiger partial charge in [0.25, 0.3) is 0 Å². The lowest BCUT2D eigenvalue weighted by Crippen LogP contribution is -2.34. The van der Waals surface area contributed by atoms with Crippen molar-refractivity contribution in [1.82, 2.24) is 5.32 Å². The largest absolute Gasteiger partial charge is 0.497 e. The molecule has 2 rings (SSSR count). The van der Waals surface area contributed by atoms with Crippen molar-refractivity contribution in [2.75, 3.05) is 20.8 Å². The maximum atomic E-state index is 12.2. The molecule has 27 heavy (non-hydrogen) atoms. The molecule has 144 valence electrons. The Hall–Kier alpha value is -3.02. The molecule has 0 bridgehead atoms. The van der Waals surface area contributed by atoms with Crippen LogP contribution in [-0.4, -0.2) is 37.7 Å². The summed E-state index contributed by atoms with van der Waals surface area (Å²) >= 11 is 0. The molecule has 0 aliphatic rings. The molecule has 6 nitrogen and oxygen atoms in total. The molecule has 2 aromatic rings. The van der Waals surface area contributed by atoms with E-state index in [-0.39, 0.29) is 18.9 Å². The van der Waals surface area contributed by atoms with Gasteiger partial charge in [-0.3, -0.25) is 9.59 Å². The number of hydrogen-bond donors (Lipinski definition) is 2. The first kappa shape index (κ1) is 20.3. The van der Waals surface area contributed by atoms with Crippen LogP contribution in [0.15, 0.2) is 48.5 Å². The third-order valence-electron chi connectivity index (χ3n) is 4.33. The Morgan fingerprint density at radius 1 is 1.07 bits per heavy atom. The van der Waals surface area contributed by atoms with Crippen LogP contribution in [0, 0.1) is 5.92 Å². The Morgan fingerprint density at radius 3 is 2.44 bits per heavy atom. The van der Waals surface area contributed by atoms with E-state index in [1.165, 1.54) is 0 Å². The highest BCUT2D eigenvalue weighted by Crippen LogP contribution is 2.25. The van der Waals surface area contributed by atoms with Crippen LogP contribution < -0.4 is 14.8 Å². The van der Waals surface area contributed by atoms with E-state index in [4.69, 9.17) is 9.47 Å². The molecule has 0 saturated carbocycles. The number of methoxy groups -OCH3 is 2. The number of carbonyl (C=O) groups excluding carboxylic acids is 1. The summed E-state index contributed by atoms with van der Waals surface area (Å²) in [5.41, 5.74) is 1.80. The van der Waals surface area contributed by atoms with Crippen LogP contribution in [0.4, 0.5) is 0 Å². The summed E-state index contributed by atoms with van der Waals surface area (Å²) < 4.78 is 10.5. The first-order valence-electron chi connectivity index (χ1n) is 8.77. The zero-order chi connectivity index (χ0) is 19.6. The summed E-state index contributed by atoms with van der Waals surface area (Å²) in [6.07, 6.45) is 1.09. The maximum Gasteiger partial charge on any atom is 0.308 e. The number of nitrogens with one attached hydrogen (secondary N) is 1. The van der Waals surface area contributed by atoms with Crippen LogP contribution in [0.25, 0.3) is 0 Å². The predicted molar refractivity (Wildman–Crippen MR) is 102 cm³/mol. The molecule has 2 aromatic carbocycles. The van der Waals surface area contributed by atoms with E-state index in [9.17, 15) is 14.7 Å². The lowest BCUT2D eigenvalue weighted by molar-refractivity contribution is -0.141. The number of carboxylic acid groups (broad SMARTS) is 1. The van der Waals surface area contributed by atoms with Gasteiger partial charge in [0.05, 0.1) is 20.1 Å². The van der Waals surface area contributed by atoms with Gasteiger partial charge in [0.2, 0.25) is 5.91 Å². The van der Waals surface area contributed by atoms with Crippen LogP contribution in [0.1, 0.15) is 17.5 Å². The maximum absolute atomic E-state index is 12.2. The average Bonchev–Trinajstić information content (AvgIpc) is 2.69. The molecule has 6 heteroatoms. The number of aliphatic carboxylic acids is 1. The molecule has 0 aliphatic heterocycles. The normalized spacial score (nSPS) is 11.5. The second-order valence-electron chi connectivity index (χ2n) is 6.21. The molecule has 1 unspecified atom stereocenters. The summed E-state index contributed by atoms with van der Waals surface area (Å²) in [6.45, 7) is 0.0955. The van der Waals surface area contributed by atoms with Gasteiger partial charge in [0, 0.05) is 13.0 Å². The van der Waals surface area contributed by atoms with Crippen LogP contribution in [0.3, 0.4) is 0 Å². The summed E-state index contributed by atoms with van der Waals surface area (Å²) in [4.78, 5) is 23.6. The van der Waals surface area contributed by atoms with Crippen molar-refractivity contribution in [2.24, 2.45) is 5.92 Å². The third-order valence-corrected chi connectivity index (χ3v) is 4.33. The van der Waals surface area contributed by atoms with Crippen molar-refractivity contribution in [3.63, 3.8) is 0 Å². The number of ether oxygens (including phenoxy) is 2. The summed E-state index contributed by atoms with van der Waals surface area (Å²) in [5, 5.41) is 12.1. The molecule has 0 fully saturated rings. The molecule has 1 amide bonds. The van der Waals surface area contributed by atoms with Crippen LogP contribution in [0.5, 0.6) is 11.5 Å². The quantitative estimate of drug-likeness (QED) is 0.671. The van der Waals surface area contributed by atoms with Crippen LogP contribution >= 0.6 is 0 Å². The van der Waals surface area contributed by atoms with Crippen molar-refractivity contribution in [3.05, 3.63) is 59.7 Å². The zero-order valence-corrected chi connectivity index (χ0v) is 15.6. The van der Waals surface area contributed by atoms with Gasteiger partial charge in [-0.05, 0) is 42.2 Å². The second-order valence-corrected chi connectivity index (χ2v) is 6.21. The second kappa shape index (κ2) is 10.2. The van der Waals surface area contributed by atoms with Crippen molar-refractivity contribution in [2.45, 2.75) is 19.3 Å². The fraction of sp³-hybridized carbons (Fsp3) is 0.333. The van der Waals surface area contributed by atoms with Crippen LogP contribution in [0.2, 0.25) is 0 Å². The van der Waals surface area contributed by atoms with E-state index in [2.05, 4.69) is 5.32 Å². The number of amides is 1. The van der Waals surface area contributed by atoms with Crippen molar-refractivity contribution in [1.29, 1.82) is 0 Å². The Morgan fingerprint density at radius 2 is 1.81 bits per heavy atom. The Kier molecular flexibility index (Phi) is 7.67. The van der Waals surface area contributed by atoms with Crippen molar-refractivity contribution in [3.8, 4) is 11.5 Å². The minimum Gasteiger partial charge on any atom is -0.497 e. The number of carbonyl (C=O) groups is 2. The molecule has 2 N–H and O–H groups in total. The van der Waals surface area contributed by atoms with E-state index in [0.717, 1.165) is 11.1 Å². The fourth-order valence-corrected chi connectivity index (χ4v) is 2.80. The van der Waals surface area contributed by atoms with Gasteiger partial charge in [-0.1, -0.05) is 30.3 Å². The van der Waals surface area contributed by atoms with Gasteiger partial charge < -0.3 is 19.9 Å². The number of carboxylic acids is 1. The first-order chi connectivity index (χ1) is 13.0. The first-order valence-corrected chi connectivity index (χ1v) is 8.77. The zero-order valence-electron chi connectivity index (χ0n) is 15.6. The van der Waals surface area contributed by atoms with E-state index < -0.39 is 11.9 Å². The standard InChI is InChI=1S/C21H25NO5/c1-26-18-9-10-19(27-2)16(13-18)8-11-20(23)22-14-17(21(24)25)12-15-6-4-3-5-7-15/h3-7,9-10,13,17H,8,11-12,14H2,1-2H3,(H,22,23)(H,24,25). The smallest absolute Gasteiger partial charge is 0.308 e. The SMILES string of the molecule is COc1ccc(OC)c(CCC(=O)NCC(Cc2ccccc2)C(=O)O)c1. The van der Waals surface area contributed by atoms with Gasteiger partial charge in [0.1, 0.15) is 11.5 Å².